The lowest BCUT2D eigenvalue weighted by molar-refractivity contribution is 0.422. The minimum absolute atomic E-state index is 0.271. The molecule has 3 aromatic carbocycles. The molecule has 4 heteroatoms. The lowest BCUT2D eigenvalue weighted by Crippen LogP contribution is -2.18. The van der Waals surface area contributed by atoms with Gasteiger partial charge in [-0.3, -0.25) is 0 Å². The molecule has 0 aromatic heterocycles. The fourth-order valence-electron chi connectivity index (χ4n) is 6.16. The Balaban J connectivity index is 2.29. The molecule has 0 amide bonds. The van der Waals surface area contributed by atoms with Gasteiger partial charge in [-0.15, -0.1) is 0 Å². The molecule has 234 valence electrons. The zero-order chi connectivity index (χ0) is 33.7. The topological polar surface area (TPSA) is 88.0 Å². The van der Waals surface area contributed by atoms with Crippen molar-refractivity contribution < 1.29 is 10.2 Å². The second-order valence-electron chi connectivity index (χ2n) is 16.6. The van der Waals surface area contributed by atoms with E-state index in [1.807, 2.05) is 13.8 Å². The Morgan fingerprint density at radius 3 is 0.909 bits per heavy atom. The van der Waals surface area contributed by atoms with Crippen molar-refractivity contribution >= 4 is 0 Å². The van der Waals surface area contributed by atoms with Crippen molar-refractivity contribution in [2.45, 2.75) is 131 Å². The molecule has 0 aliphatic carbocycles. The number of aromatic hydroxyl groups is 2. The van der Waals surface area contributed by atoms with Gasteiger partial charge in [-0.25, -0.2) is 0 Å². The van der Waals surface area contributed by atoms with Gasteiger partial charge >= 0.3 is 0 Å². The lowest BCUT2D eigenvalue weighted by Gasteiger charge is -2.29. The molecule has 0 fully saturated rings. The van der Waals surface area contributed by atoms with Crippen molar-refractivity contribution in [2.24, 2.45) is 0 Å². The summed E-state index contributed by atoms with van der Waals surface area (Å²) in [5.41, 5.74) is 8.99. The molecule has 0 aliphatic heterocycles. The number of hydrogen-bond acceptors (Lipinski definition) is 4. The van der Waals surface area contributed by atoms with Crippen LogP contribution in [0.1, 0.15) is 150 Å². The molecule has 2 N–H and O–H groups in total. The van der Waals surface area contributed by atoms with Crippen LogP contribution in [0.2, 0.25) is 0 Å². The zero-order valence-corrected chi connectivity index (χ0v) is 29.5. The third kappa shape index (κ3) is 6.81. The monoisotopic (exact) mass is 592 g/mol. The highest BCUT2D eigenvalue weighted by atomic mass is 16.3. The maximum atomic E-state index is 11.3. The van der Waals surface area contributed by atoms with E-state index in [0.717, 1.165) is 55.6 Å². The summed E-state index contributed by atoms with van der Waals surface area (Å²) in [5, 5.41) is 43.5. The smallest absolute Gasteiger partial charge is 0.123 e. The first-order valence-electron chi connectivity index (χ1n) is 15.6. The molecular formula is C40H52N2O2. The van der Waals surface area contributed by atoms with Gasteiger partial charge in [0.15, 0.2) is 0 Å². The zero-order valence-electron chi connectivity index (χ0n) is 29.5. The van der Waals surface area contributed by atoms with Crippen LogP contribution in [0.15, 0.2) is 24.3 Å². The second kappa shape index (κ2) is 11.6. The summed E-state index contributed by atoms with van der Waals surface area (Å²) in [6.07, 6.45) is 0.969. The number of hydrogen-bond donors (Lipinski definition) is 2. The van der Waals surface area contributed by atoms with Crippen LogP contribution < -0.4 is 0 Å². The van der Waals surface area contributed by atoms with Crippen molar-refractivity contribution in [2.75, 3.05) is 0 Å². The Morgan fingerprint density at radius 1 is 0.500 bits per heavy atom. The summed E-state index contributed by atoms with van der Waals surface area (Å²) in [4.78, 5) is 0. The summed E-state index contributed by atoms with van der Waals surface area (Å²) in [7, 11) is 0. The molecule has 0 aliphatic rings. The maximum absolute atomic E-state index is 11.3. The van der Waals surface area contributed by atoms with E-state index in [9.17, 15) is 20.7 Å². The standard InChI is InChI=1S/C40H52N2O2/c1-23-27(15-25-17-31(37(3,4)5)35(43)32(18-25)38(6,7)8)30(22-42)24(2)28(29(23)21-41)16-26-19-33(39(9,10)11)36(44)34(20-26)40(12,13)14/h17-20,43-44H,15-16H2,1-14H3. The van der Waals surface area contributed by atoms with Crippen LogP contribution in [0, 0.1) is 36.5 Å². The molecule has 0 heterocycles. The van der Waals surface area contributed by atoms with Crippen LogP contribution in [0.5, 0.6) is 11.5 Å². The first kappa shape index (κ1) is 34.7. The molecule has 3 aromatic rings. The molecular weight excluding hydrogens is 540 g/mol. The van der Waals surface area contributed by atoms with Crippen LogP contribution in [-0.2, 0) is 34.5 Å². The van der Waals surface area contributed by atoms with Crippen molar-refractivity contribution in [3.63, 3.8) is 0 Å². The molecule has 3 rings (SSSR count). The lowest BCUT2D eigenvalue weighted by atomic mass is 9.76. The first-order valence-corrected chi connectivity index (χ1v) is 15.6. The molecule has 0 unspecified atom stereocenters. The highest BCUT2D eigenvalue weighted by molar-refractivity contribution is 5.63. The van der Waals surface area contributed by atoms with E-state index in [1.165, 1.54) is 0 Å². The summed E-state index contributed by atoms with van der Waals surface area (Å²) < 4.78 is 0. The van der Waals surface area contributed by atoms with Gasteiger partial charge in [-0.2, -0.15) is 10.5 Å². The summed E-state index contributed by atoms with van der Waals surface area (Å²) >= 11 is 0. The average molecular weight is 593 g/mol. The normalized spacial score (nSPS) is 12.6. The van der Waals surface area contributed by atoms with E-state index in [-0.39, 0.29) is 21.7 Å². The Labute approximate surface area is 266 Å². The Hall–Kier alpha value is -3.76. The predicted molar refractivity (Wildman–Crippen MR) is 182 cm³/mol. The highest BCUT2D eigenvalue weighted by Crippen LogP contribution is 2.43. The second-order valence-corrected chi connectivity index (χ2v) is 16.6. The minimum atomic E-state index is -0.271. The number of rotatable bonds is 4. The third-order valence-corrected chi connectivity index (χ3v) is 8.82. The van der Waals surface area contributed by atoms with Crippen molar-refractivity contribution in [1.29, 1.82) is 10.5 Å². The SMILES string of the molecule is Cc1c(C#N)c(Cc2cc(C(C)(C)C)c(O)c(C(C)(C)C)c2)c(C)c(C#N)c1Cc1cc(C(C)(C)C)c(O)c(C(C)(C)C)c1. The number of nitrogens with zero attached hydrogens (tertiary/aromatic N) is 2. The van der Waals surface area contributed by atoms with Gasteiger partial charge in [0.1, 0.15) is 11.5 Å². The van der Waals surface area contributed by atoms with E-state index < -0.39 is 0 Å². The summed E-state index contributed by atoms with van der Waals surface area (Å²) in [6, 6.07) is 13.2. The van der Waals surface area contributed by atoms with Crippen LogP contribution in [0.25, 0.3) is 0 Å². The fraction of sp³-hybridized carbons (Fsp3) is 0.500. The number of phenolic OH excluding ortho intramolecular Hbond substituents is 2. The van der Waals surface area contributed by atoms with E-state index in [2.05, 4.69) is 119 Å². The van der Waals surface area contributed by atoms with Gasteiger partial charge in [-0.1, -0.05) is 107 Å². The Bertz CT molecular complexity index is 1490. The maximum Gasteiger partial charge on any atom is 0.123 e. The third-order valence-electron chi connectivity index (χ3n) is 8.82. The fourth-order valence-corrected chi connectivity index (χ4v) is 6.16. The van der Waals surface area contributed by atoms with Crippen LogP contribution in [-0.4, -0.2) is 10.2 Å². The predicted octanol–water partition coefficient (Wildman–Crippen LogP) is 9.83. The van der Waals surface area contributed by atoms with Gasteiger partial charge in [0.25, 0.3) is 0 Å². The Morgan fingerprint density at radius 2 is 0.727 bits per heavy atom. The van der Waals surface area contributed by atoms with Crippen molar-refractivity contribution in [3.8, 4) is 23.6 Å². The van der Waals surface area contributed by atoms with E-state index in [4.69, 9.17) is 0 Å². The number of phenols is 2. The minimum Gasteiger partial charge on any atom is -0.507 e. The molecule has 0 bridgehead atoms. The number of benzene rings is 3. The highest BCUT2D eigenvalue weighted by Gasteiger charge is 2.29. The van der Waals surface area contributed by atoms with Gasteiger partial charge in [0.05, 0.1) is 23.3 Å². The van der Waals surface area contributed by atoms with Crippen LogP contribution in [0.4, 0.5) is 0 Å². The van der Waals surface area contributed by atoms with E-state index in [1.54, 1.807) is 0 Å². The molecule has 0 saturated carbocycles. The van der Waals surface area contributed by atoms with Gasteiger partial charge in [0.2, 0.25) is 0 Å². The van der Waals surface area contributed by atoms with Crippen molar-refractivity contribution in [1.82, 2.24) is 0 Å². The first-order chi connectivity index (χ1) is 19.9. The van der Waals surface area contributed by atoms with E-state index >= 15 is 0 Å². The number of nitriles is 2. The van der Waals surface area contributed by atoms with Gasteiger partial charge in [-0.05, 0) is 104 Å². The molecule has 0 saturated heterocycles. The summed E-state index contributed by atoms with van der Waals surface area (Å²) in [5.74, 6) is 0.654. The van der Waals surface area contributed by atoms with Crippen LogP contribution in [0.3, 0.4) is 0 Å². The molecule has 4 nitrogen and oxygen atoms in total. The average Bonchev–Trinajstić information content (AvgIpc) is 2.86. The van der Waals surface area contributed by atoms with E-state index in [0.29, 0.717) is 35.5 Å². The molecule has 44 heavy (non-hydrogen) atoms. The largest absolute Gasteiger partial charge is 0.507 e. The van der Waals surface area contributed by atoms with Crippen molar-refractivity contribution in [3.05, 3.63) is 91.0 Å². The quantitative estimate of drug-likeness (QED) is 0.316. The van der Waals surface area contributed by atoms with Gasteiger partial charge < -0.3 is 10.2 Å². The Kier molecular flexibility index (Phi) is 9.18. The van der Waals surface area contributed by atoms with Crippen LogP contribution >= 0.6 is 0 Å². The molecule has 0 radical (unpaired) electrons. The van der Waals surface area contributed by atoms with Gasteiger partial charge in [0, 0.05) is 0 Å². The molecule has 0 atom stereocenters. The molecule has 0 spiro atoms. The summed E-state index contributed by atoms with van der Waals surface area (Å²) in [6.45, 7) is 29.0.